The van der Waals surface area contributed by atoms with E-state index in [0.29, 0.717) is 13.0 Å². The van der Waals surface area contributed by atoms with Gasteiger partial charge in [0.15, 0.2) is 0 Å². The van der Waals surface area contributed by atoms with E-state index in [-0.39, 0.29) is 6.04 Å². The van der Waals surface area contributed by atoms with Crippen molar-refractivity contribution in [3.8, 4) is 0 Å². The Hall–Kier alpha value is -0.620. The first kappa shape index (κ1) is 12.4. The smallest absolute Gasteiger partial charge is 0.424 e. The Labute approximate surface area is 92.5 Å². The Kier molecular flexibility index (Phi) is 3.72. The van der Waals surface area contributed by atoms with Crippen molar-refractivity contribution in [3.05, 3.63) is 0 Å². The lowest BCUT2D eigenvalue weighted by Gasteiger charge is -2.25. The number of nitrogens with zero attached hydrogens (tertiary/aromatic N) is 1. The van der Waals surface area contributed by atoms with E-state index >= 15 is 0 Å². The molecule has 0 N–H and O–H groups in total. The average molecular weight is 235 g/mol. The molecule has 0 aromatic carbocycles. The number of hydrogen-bond donors (Lipinski definition) is 0. The molecule has 0 spiro atoms. The summed E-state index contributed by atoms with van der Waals surface area (Å²) >= 11 is -1.70. The van der Waals surface area contributed by atoms with Gasteiger partial charge in [-0.1, -0.05) is 6.92 Å². The SMILES string of the molecule is CC[C@@H]1COS(=O)N1C(=O)OC(C)(C)C. The molecule has 6 heteroatoms. The second kappa shape index (κ2) is 4.49. The molecule has 0 aromatic rings. The Morgan fingerprint density at radius 2 is 2.20 bits per heavy atom. The summed E-state index contributed by atoms with van der Waals surface area (Å²) in [6.45, 7) is 7.53. The molecular formula is C9H17NO4S. The lowest BCUT2D eigenvalue weighted by Crippen LogP contribution is -2.40. The van der Waals surface area contributed by atoms with Crippen LogP contribution in [-0.2, 0) is 20.2 Å². The van der Waals surface area contributed by atoms with Crippen molar-refractivity contribution >= 4 is 17.4 Å². The van der Waals surface area contributed by atoms with E-state index in [1.54, 1.807) is 20.8 Å². The average Bonchev–Trinajstić information content (AvgIpc) is 2.43. The molecule has 0 aromatic heterocycles. The summed E-state index contributed by atoms with van der Waals surface area (Å²) in [4.78, 5) is 11.7. The van der Waals surface area contributed by atoms with Gasteiger partial charge in [-0.3, -0.25) is 4.18 Å². The molecule has 1 saturated heterocycles. The van der Waals surface area contributed by atoms with Crippen LogP contribution in [0.15, 0.2) is 0 Å². The monoisotopic (exact) mass is 235 g/mol. The summed E-state index contributed by atoms with van der Waals surface area (Å²) in [7, 11) is 0. The van der Waals surface area contributed by atoms with E-state index in [4.69, 9.17) is 8.92 Å². The third-order valence-corrected chi connectivity index (χ3v) is 3.00. The molecule has 0 saturated carbocycles. The number of ether oxygens (including phenoxy) is 1. The summed E-state index contributed by atoms with van der Waals surface area (Å²) in [5.74, 6) is 0. The summed E-state index contributed by atoms with van der Waals surface area (Å²) in [5, 5.41) is 0. The van der Waals surface area contributed by atoms with Gasteiger partial charge in [-0.05, 0) is 27.2 Å². The number of carbonyl (C=O) groups is 1. The van der Waals surface area contributed by atoms with E-state index in [1.807, 2.05) is 6.92 Å². The highest BCUT2D eigenvalue weighted by Gasteiger charge is 2.38. The van der Waals surface area contributed by atoms with E-state index < -0.39 is 23.0 Å². The van der Waals surface area contributed by atoms with Gasteiger partial charge in [-0.15, -0.1) is 0 Å². The third kappa shape index (κ3) is 3.17. The van der Waals surface area contributed by atoms with Gasteiger partial charge in [0.25, 0.3) is 11.3 Å². The number of rotatable bonds is 1. The number of amides is 1. The number of carbonyl (C=O) groups excluding carboxylic acids is 1. The van der Waals surface area contributed by atoms with Crippen molar-refractivity contribution in [3.63, 3.8) is 0 Å². The van der Waals surface area contributed by atoms with Crippen LogP contribution in [0.5, 0.6) is 0 Å². The Morgan fingerprint density at radius 1 is 1.60 bits per heavy atom. The van der Waals surface area contributed by atoms with Crippen LogP contribution in [0.1, 0.15) is 34.1 Å². The van der Waals surface area contributed by atoms with E-state index in [2.05, 4.69) is 0 Å². The molecule has 0 radical (unpaired) electrons. The van der Waals surface area contributed by atoms with Gasteiger partial charge < -0.3 is 4.74 Å². The molecular weight excluding hydrogens is 218 g/mol. The minimum Gasteiger partial charge on any atom is -0.443 e. The van der Waals surface area contributed by atoms with E-state index in [9.17, 15) is 9.00 Å². The molecule has 1 aliphatic rings. The van der Waals surface area contributed by atoms with Crippen molar-refractivity contribution in [1.29, 1.82) is 0 Å². The predicted molar refractivity (Wildman–Crippen MR) is 56.2 cm³/mol. The topological polar surface area (TPSA) is 55.8 Å². The molecule has 1 amide bonds. The first-order valence-corrected chi connectivity index (χ1v) is 5.95. The minimum absolute atomic E-state index is 0.152. The van der Waals surface area contributed by atoms with Gasteiger partial charge in [0.05, 0.1) is 12.6 Å². The fourth-order valence-corrected chi connectivity index (χ4v) is 2.18. The van der Waals surface area contributed by atoms with Gasteiger partial charge in [-0.25, -0.2) is 9.00 Å². The zero-order chi connectivity index (χ0) is 11.6. The fourth-order valence-electron chi connectivity index (χ4n) is 1.18. The van der Waals surface area contributed by atoms with Crippen LogP contribution in [0, 0.1) is 0 Å². The fraction of sp³-hybridized carbons (Fsp3) is 0.889. The zero-order valence-electron chi connectivity index (χ0n) is 9.48. The van der Waals surface area contributed by atoms with Crippen LogP contribution >= 0.6 is 0 Å². The molecule has 0 aliphatic carbocycles. The highest BCUT2D eigenvalue weighted by atomic mass is 32.2. The van der Waals surface area contributed by atoms with Gasteiger partial charge >= 0.3 is 6.09 Å². The van der Waals surface area contributed by atoms with Crippen LogP contribution in [0.2, 0.25) is 0 Å². The van der Waals surface area contributed by atoms with Gasteiger partial charge in [0.2, 0.25) is 0 Å². The Bertz CT molecular complexity index is 274. The summed E-state index contributed by atoms with van der Waals surface area (Å²) in [6.07, 6.45) is 0.121. The molecule has 0 bridgehead atoms. The van der Waals surface area contributed by atoms with Crippen LogP contribution in [0.4, 0.5) is 4.79 Å². The first-order valence-electron chi connectivity index (χ1n) is 4.92. The van der Waals surface area contributed by atoms with Crippen molar-refractivity contribution in [2.24, 2.45) is 0 Å². The maximum absolute atomic E-state index is 11.7. The Balaban J connectivity index is 2.69. The highest BCUT2D eigenvalue weighted by Crippen LogP contribution is 2.21. The van der Waals surface area contributed by atoms with Crippen LogP contribution in [0.3, 0.4) is 0 Å². The molecule has 88 valence electrons. The largest absolute Gasteiger partial charge is 0.443 e. The van der Waals surface area contributed by atoms with E-state index in [0.717, 1.165) is 4.31 Å². The quantitative estimate of drug-likeness (QED) is 0.693. The summed E-state index contributed by atoms with van der Waals surface area (Å²) in [5.41, 5.74) is -0.581. The second-order valence-corrected chi connectivity index (χ2v) is 5.43. The molecule has 2 atom stereocenters. The first-order chi connectivity index (χ1) is 6.85. The maximum atomic E-state index is 11.7. The van der Waals surface area contributed by atoms with Gasteiger partial charge in [-0.2, -0.15) is 4.31 Å². The lowest BCUT2D eigenvalue weighted by atomic mass is 10.2. The normalized spacial score (nSPS) is 26.8. The Morgan fingerprint density at radius 3 is 2.67 bits per heavy atom. The highest BCUT2D eigenvalue weighted by molar-refractivity contribution is 7.78. The molecule has 5 nitrogen and oxygen atoms in total. The molecule has 1 unspecified atom stereocenters. The van der Waals surface area contributed by atoms with Crippen molar-refractivity contribution in [2.45, 2.75) is 45.8 Å². The van der Waals surface area contributed by atoms with Crippen LogP contribution in [-0.4, -0.2) is 32.9 Å². The van der Waals surface area contributed by atoms with Crippen LogP contribution in [0.25, 0.3) is 0 Å². The second-order valence-electron chi connectivity index (χ2n) is 4.37. The molecule has 1 heterocycles. The van der Waals surface area contributed by atoms with Crippen molar-refractivity contribution in [1.82, 2.24) is 4.31 Å². The standard InChI is InChI=1S/C9H17NO4S/c1-5-7-6-13-15(12)10(7)8(11)14-9(2,3)4/h7H,5-6H2,1-4H3/t7-,15?/m1/s1. The number of hydrogen-bond acceptors (Lipinski definition) is 4. The minimum atomic E-state index is -1.70. The predicted octanol–water partition coefficient (Wildman–Crippen LogP) is 1.61. The third-order valence-electron chi connectivity index (χ3n) is 1.90. The zero-order valence-corrected chi connectivity index (χ0v) is 10.3. The molecule has 15 heavy (non-hydrogen) atoms. The van der Waals surface area contributed by atoms with Crippen molar-refractivity contribution < 1.29 is 17.9 Å². The lowest BCUT2D eigenvalue weighted by molar-refractivity contribution is 0.0361. The summed E-state index contributed by atoms with van der Waals surface area (Å²) < 4.78 is 22.6. The van der Waals surface area contributed by atoms with Crippen LogP contribution < -0.4 is 0 Å². The molecule has 1 rings (SSSR count). The molecule has 1 aliphatic heterocycles. The van der Waals surface area contributed by atoms with Crippen molar-refractivity contribution in [2.75, 3.05) is 6.61 Å². The molecule has 1 fully saturated rings. The van der Waals surface area contributed by atoms with Gasteiger partial charge in [0.1, 0.15) is 5.60 Å². The van der Waals surface area contributed by atoms with E-state index in [1.165, 1.54) is 0 Å². The maximum Gasteiger partial charge on any atom is 0.424 e. The summed E-state index contributed by atoms with van der Waals surface area (Å²) in [6, 6.07) is -0.152. The van der Waals surface area contributed by atoms with Gasteiger partial charge in [0, 0.05) is 0 Å².